The van der Waals surface area contributed by atoms with E-state index in [0.717, 1.165) is 15.8 Å². The number of nitrogens with zero attached hydrogens (tertiary/aromatic N) is 4. The van der Waals surface area contributed by atoms with E-state index in [1.165, 1.54) is 16.2 Å². The molecule has 0 bridgehead atoms. The molecule has 0 aliphatic carbocycles. The molecule has 1 atom stereocenters. The molecule has 0 aliphatic rings. The third-order valence-electron chi connectivity index (χ3n) is 3.82. The second-order valence-corrected chi connectivity index (χ2v) is 6.37. The first-order valence-corrected chi connectivity index (χ1v) is 8.19. The molecule has 0 unspecified atom stereocenters. The number of carboxylic acids is 1. The summed E-state index contributed by atoms with van der Waals surface area (Å²) in [5.74, 6) is -2.43. The summed E-state index contributed by atoms with van der Waals surface area (Å²) in [6.45, 7) is 1.95. The first-order chi connectivity index (χ1) is 11.5. The second kappa shape index (κ2) is 6.40. The van der Waals surface area contributed by atoms with E-state index in [1.807, 2.05) is 18.2 Å². The number of hydrogen-bond donors (Lipinski definition) is 1. The van der Waals surface area contributed by atoms with E-state index in [9.17, 15) is 9.59 Å². The first-order valence-electron chi connectivity index (χ1n) is 7.31. The molecule has 7 nitrogen and oxygen atoms in total. The molecule has 0 saturated heterocycles. The Labute approximate surface area is 142 Å². The molecule has 1 aromatic carbocycles. The number of fused-ring (bicyclic) bond motifs is 1. The third kappa shape index (κ3) is 3.13. The van der Waals surface area contributed by atoms with Crippen LogP contribution in [0.15, 0.2) is 36.0 Å². The highest BCUT2D eigenvalue weighted by Crippen LogP contribution is 2.24. The summed E-state index contributed by atoms with van der Waals surface area (Å²) in [5.41, 5.74) is 4.06. The number of carbonyl (C=O) groups excluding carboxylic acids is 1. The smallest absolute Gasteiger partial charge is 0.394 e. The molecule has 3 aromatic rings. The Morgan fingerprint density at radius 3 is 2.83 bits per heavy atom. The zero-order valence-electron chi connectivity index (χ0n) is 13.2. The zero-order chi connectivity index (χ0) is 17.3. The van der Waals surface area contributed by atoms with Gasteiger partial charge in [0.2, 0.25) is 0 Å². The molecule has 0 fully saturated rings. The molecule has 0 radical (unpaired) electrons. The highest BCUT2D eigenvalue weighted by molar-refractivity contribution is 7.16. The van der Waals surface area contributed by atoms with Crippen molar-refractivity contribution in [3.05, 3.63) is 47.2 Å². The van der Waals surface area contributed by atoms with Crippen LogP contribution in [0.4, 0.5) is 0 Å². The Morgan fingerprint density at radius 1 is 1.38 bits per heavy atom. The summed E-state index contributed by atoms with van der Waals surface area (Å²) < 4.78 is 2.67. The van der Waals surface area contributed by atoms with E-state index < -0.39 is 17.9 Å². The lowest BCUT2D eigenvalue weighted by atomic mass is 10.1. The largest absolute Gasteiger partial charge is 0.474 e. The van der Waals surface area contributed by atoms with E-state index in [2.05, 4.69) is 10.1 Å². The number of thiazole rings is 1. The van der Waals surface area contributed by atoms with Crippen LogP contribution >= 0.6 is 11.3 Å². The maximum absolute atomic E-state index is 12.2. The highest BCUT2D eigenvalue weighted by atomic mass is 32.1. The molecule has 0 spiro atoms. The Morgan fingerprint density at radius 2 is 2.17 bits per heavy atom. The standard InChI is InChI=1S/C16H16N4O3S/c1-10(12-5-6-19(2)18-12)20(15(21)16(22)23)8-11-3-4-14-13(7-11)17-9-24-14/h3-7,9-10H,8H2,1-2H3,(H,22,23)/t10-/m1/s1. The SMILES string of the molecule is C[C@H](c1ccn(C)n1)N(Cc1ccc2scnc2c1)C(=O)C(=O)O. The van der Waals surface area contributed by atoms with Gasteiger partial charge in [0, 0.05) is 19.8 Å². The third-order valence-corrected chi connectivity index (χ3v) is 4.63. The fraction of sp³-hybridized carbons (Fsp3) is 0.250. The predicted molar refractivity (Wildman–Crippen MR) is 89.4 cm³/mol. The van der Waals surface area contributed by atoms with Crippen LogP contribution in [0, 0.1) is 0 Å². The van der Waals surface area contributed by atoms with Gasteiger partial charge in [-0.05, 0) is 30.7 Å². The molecule has 2 aromatic heterocycles. The molecule has 1 amide bonds. The average Bonchev–Trinajstić information content (AvgIpc) is 3.19. The van der Waals surface area contributed by atoms with Crippen LogP contribution in [0.25, 0.3) is 10.2 Å². The van der Waals surface area contributed by atoms with Gasteiger partial charge >= 0.3 is 11.9 Å². The van der Waals surface area contributed by atoms with Gasteiger partial charge in [-0.15, -0.1) is 11.3 Å². The number of carboxylic acid groups (broad SMARTS) is 1. The topological polar surface area (TPSA) is 88.3 Å². The maximum Gasteiger partial charge on any atom is 0.394 e. The summed E-state index contributed by atoms with van der Waals surface area (Å²) in [4.78, 5) is 28.9. The fourth-order valence-corrected chi connectivity index (χ4v) is 3.18. The van der Waals surface area contributed by atoms with Crippen molar-refractivity contribution in [3.8, 4) is 0 Å². The number of aromatic nitrogens is 3. The Kier molecular flexibility index (Phi) is 4.30. The highest BCUT2D eigenvalue weighted by Gasteiger charge is 2.28. The van der Waals surface area contributed by atoms with E-state index in [4.69, 9.17) is 5.11 Å². The number of aliphatic carboxylic acids is 1. The lowest BCUT2D eigenvalue weighted by molar-refractivity contribution is -0.157. The van der Waals surface area contributed by atoms with E-state index in [1.54, 1.807) is 36.4 Å². The van der Waals surface area contributed by atoms with Crippen molar-refractivity contribution in [2.75, 3.05) is 0 Å². The van der Waals surface area contributed by atoms with Gasteiger partial charge in [-0.1, -0.05) is 6.07 Å². The molecule has 124 valence electrons. The van der Waals surface area contributed by atoms with Crippen LogP contribution in [-0.4, -0.2) is 36.6 Å². The van der Waals surface area contributed by atoms with Crippen molar-refractivity contribution in [2.24, 2.45) is 7.05 Å². The van der Waals surface area contributed by atoms with Gasteiger partial charge in [-0.25, -0.2) is 9.78 Å². The van der Waals surface area contributed by atoms with Crippen LogP contribution in [0.1, 0.15) is 24.2 Å². The number of hydrogen-bond acceptors (Lipinski definition) is 5. The first kappa shape index (κ1) is 16.1. The van der Waals surface area contributed by atoms with Crippen LogP contribution in [-0.2, 0) is 23.2 Å². The summed E-state index contributed by atoms with van der Waals surface area (Å²) >= 11 is 1.53. The Hall–Kier alpha value is -2.74. The van der Waals surface area contributed by atoms with Gasteiger partial charge in [0.1, 0.15) is 0 Å². The summed E-state index contributed by atoms with van der Waals surface area (Å²) in [6.07, 6.45) is 1.76. The monoisotopic (exact) mass is 344 g/mol. The lowest BCUT2D eigenvalue weighted by Gasteiger charge is -2.26. The number of amides is 1. The predicted octanol–water partition coefficient (Wildman–Crippen LogP) is 2.20. The van der Waals surface area contributed by atoms with Gasteiger partial charge in [-0.2, -0.15) is 5.10 Å². The van der Waals surface area contributed by atoms with Gasteiger partial charge in [0.25, 0.3) is 0 Å². The molecule has 0 aliphatic heterocycles. The van der Waals surface area contributed by atoms with Crippen molar-refractivity contribution in [3.63, 3.8) is 0 Å². The van der Waals surface area contributed by atoms with E-state index >= 15 is 0 Å². The molecule has 8 heteroatoms. The zero-order valence-corrected chi connectivity index (χ0v) is 14.0. The average molecular weight is 344 g/mol. The van der Waals surface area contributed by atoms with Crippen molar-refractivity contribution in [1.29, 1.82) is 0 Å². The van der Waals surface area contributed by atoms with Gasteiger partial charge in [-0.3, -0.25) is 9.48 Å². The van der Waals surface area contributed by atoms with Crippen LogP contribution in [0.2, 0.25) is 0 Å². The minimum atomic E-state index is -1.48. The minimum absolute atomic E-state index is 0.177. The molecular formula is C16H16N4O3S. The van der Waals surface area contributed by atoms with E-state index in [0.29, 0.717) is 5.69 Å². The number of carbonyl (C=O) groups is 2. The molecule has 1 N–H and O–H groups in total. The second-order valence-electron chi connectivity index (χ2n) is 5.48. The molecular weight excluding hydrogens is 328 g/mol. The Bertz CT molecular complexity index is 902. The molecule has 3 rings (SSSR count). The normalized spacial score (nSPS) is 12.2. The summed E-state index contributed by atoms with van der Waals surface area (Å²) in [6, 6.07) is 7.00. The van der Waals surface area contributed by atoms with Gasteiger partial charge < -0.3 is 10.0 Å². The van der Waals surface area contributed by atoms with Crippen molar-refractivity contribution in [2.45, 2.75) is 19.5 Å². The van der Waals surface area contributed by atoms with Gasteiger partial charge in [0.15, 0.2) is 0 Å². The Balaban J connectivity index is 1.91. The van der Waals surface area contributed by atoms with Gasteiger partial charge in [0.05, 0.1) is 27.5 Å². The maximum atomic E-state index is 12.2. The summed E-state index contributed by atoms with van der Waals surface area (Å²) in [5, 5.41) is 13.4. The summed E-state index contributed by atoms with van der Waals surface area (Å²) in [7, 11) is 1.77. The van der Waals surface area contributed by atoms with Crippen molar-refractivity contribution < 1.29 is 14.7 Å². The van der Waals surface area contributed by atoms with Crippen LogP contribution < -0.4 is 0 Å². The minimum Gasteiger partial charge on any atom is -0.474 e. The molecule has 0 saturated carbocycles. The van der Waals surface area contributed by atoms with Crippen molar-refractivity contribution in [1.82, 2.24) is 19.7 Å². The number of aryl methyl sites for hydroxylation is 1. The molecule has 2 heterocycles. The van der Waals surface area contributed by atoms with Crippen LogP contribution in [0.3, 0.4) is 0 Å². The number of benzene rings is 1. The number of rotatable bonds is 4. The van der Waals surface area contributed by atoms with Crippen LogP contribution in [0.5, 0.6) is 0 Å². The van der Waals surface area contributed by atoms with Crippen molar-refractivity contribution >= 4 is 33.4 Å². The quantitative estimate of drug-likeness (QED) is 0.733. The lowest BCUT2D eigenvalue weighted by Crippen LogP contribution is -2.38. The molecule has 24 heavy (non-hydrogen) atoms. The fourth-order valence-electron chi connectivity index (χ4n) is 2.52. The van der Waals surface area contributed by atoms with E-state index in [-0.39, 0.29) is 6.54 Å².